The van der Waals surface area contributed by atoms with Crippen molar-refractivity contribution in [1.82, 2.24) is 15.5 Å². The fourth-order valence-corrected chi connectivity index (χ4v) is 2.43. The Balaban J connectivity index is 1.58. The number of benzene rings is 2. The summed E-state index contributed by atoms with van der Waals surface area (Å²) >= 11 is 11.5. The molecule has 3 aromatic rings. The summed E-state index contributed by atoms with van der Waals surface area (Å²) in [6, 6.07) is 11.3. The molecule has 0 radical (unpaired) electrons. The molecule has 1 heterocycles. The van der Waals surface area contributed by atoms with E-state index in [0.717, 1.165) is 5.56 Å². The molecule has 0 aliphatic rings. The number of hydrogen-bond acceptors (Lipinski definition) is 4. The zero-order valence-corrected chi connectivity index (χ0v) is 14.3. The van der Waals surface area contributed by atoms with Crippen molar-refractivity contribution in [2.75, 3.05) is 6.54 Å². The maximum absolute atomic E-state index is 13.8. The average molecular weight is 380 g/mol. The summed E-state index contributed by atoms with van der Waals surface area (Å²) in [5.41, 5.74) is 0.657. The third kappa shape index (κ3) is 4.15. The summed E-state index contributed by atoms with van der Waals surface area (Å²) < 4.78 is 18.9. The van der Waals surface area contributed by atoms with Gasteiger partial charge in [0.1, 0.15) is 0 Å². The topological polar surface area (TPSA) is 68.0 Å². The first-order valence-corrected chi connectivity index (χ1v) is 8.11. The molecule has 2 aromatic carbocycles. The molecule has 128 valence electrons. The largest absolute Gasteiger partial charge is 0.351 e. The number of aromatic nitrogens is 2. The lowest BCUT2D eigenvalue weighted by atomic mass is 10.2. The number of hydrogen-bond donors (Lipinski definition) is 1. The summed E-state index contributed by atoms with van der Waals surface area (Å²) in [7, 11) is 0. The van der Waals surface area contributed by atoms with E-state index in [4.69, 9.17) is 27.7 Å². The van der Waals surface area contributed by atoms with Crippen LogP contribution in [0.2, 0.25) is 10.0 Å². The highest BCUT2D eigenvalue weighted by Gasteiger charge is 2.14. The van der Waals surface area contributed by atoms with E-state index >= 15 is 0 Å². The van der Waals surface area contributed by atoms with E-state index in [9.17, 15) is 9.18 Å². The molecule has 0 bridgehead atoms. The van der Waals surface area contributed by atoms with Crippen LogP contribution in [0.4, 0.5) is 4.39 Å². The minimum absolute atomic E-state index is 0.0999. The van der Waals surface area contributed by atoms with Crippen LogP contribution in [-0.2, 0) is 6.42 Å². The van der Waals surface area contributed by atoms with Gasteiger partial charge in [0.15, 0.2) is 5.82 Å². The predicted molar refractivity (Wildman–Crippen MR) is 92.2 cm³/mol. The van der Waals surface area contributed by atoms with Crippen molar-refractivity contribution < 1.29 is 13.7 Å². The first kappa shape index (κ1) is 17.4. The normalized spacial score (nSPS) is 10.7. The minimum atomic E-state index is -0.746. The summed E-state index contributed by atoms with van der Waals surface area (Å²) in [6.07, 6.45) is 0.314. The van der Waals surface area contributed by atoms with Gasteiger partial charge in [-0.2, -0.15) is 4.98 Å². The number of nitrogens with zero attached hydrogens (tertiary/aromatic N) is 2. The first-order valence-electron chi connectivity index (χ1n) is 7.35. The molecule has 0 aliphatic heterocycles. The van der Waals surface area contributed by atoms with Crippen molar-refractivity contribution in [2.24, 2.45) is 0 Å². The van der Waals surface area contributed by atoms with E-state index in [1.165, 1.54) is 18.2 Å². The highest BCUT2D eigenvalue weighted by molar-refractivity contribution is 6.31. The number of carbonyl (C=O) groups is 1. The molecule has 0 aliphatic carbocycles. The van der Waals surface area contributed by atoms with Gasteiger partial charge in [0.25, 0.3) is 5.91 Å². The van der Waals surface area contributed by atoms with Gasteiger partial charge in [-0.15, -0.1) is 0 Å². The summed E-state index contributed by atoms with van der Waals surface area (Å²) in [5.74, 6) is -0.516. The Labute approximate surface area is 152 Å². The fourth-order valence-electron chi connectivity index (χ4n) is 2.13. The first-order chi connectivity index (χ1) is 12.0. The van der Waals surface area contributed by atoms with Gasteiger partial charge in [-0.05, 0) is 36.4 Å². The second-order valence-electron chi connectivity index (χ2n) is 5.13. The second kappa shape index (κ2) is 7.63. The molecule has 0 unspecified atom stereocenters. The van der Waals surface area contributed by atoms with Gasteiger partial charge in [0.2, 0.25) is 11.7 Å². The van der Waals surface area contributed by atoms with Crippen molar-refractivity contribution in [2.45, 2.75) is 6.42 Å². The van der Waals surface area contributed by atoms with Crippen LogP contribution in [-0.4, -0.2) is 22.6 Å². The van der Waals surface area contributed by atoms with E-state index in [2.05, 4.69) is 15.5 Å². The van der Waals surface area contributed by atoms with Gasteiger partial charge in [0.05, 0.1) is 10.6 Å². The van der Waals surface area contributed by atoms with Crippen molar-refractivity contribution in [3.05, 3.63) is 69.8 Å². The SMILES string of the molecule is O=C(NCCc1nc(-c2ccc(Cl)cc2)no1)c1cccc(Cl)c1F. The minimum Gasteiger partial charge on any atom is -0.351 e. The predicted octanol–water partition coefficient (Wildman–Crippen LogP) is 4.16. The number of carbonyl (C=O) groups excluding carboxylic acids is 1. The average Bonchev–Trinajstić information content (AvgIpc) is 3.07. The van der Waals surface area contributed by atoms with Crippen molar-refractivity contribution in [3.8, 4) is 11.4 Å². The lowest BCUT2D eigenvalue weighted by Gasteiger charge is -2.05. The molecule has 5 nitrogen and oxygen atoms in total. The Morgan fingerprint density at radius 3 is 2.68 bits per heavy atom. The molecule has 0 spiro atoms. The monoisotopic (exact) mass is 379 g/mol. The number of nitrogens with one attached hydrogen (secondary N) is 1. The molecular formula is C17H12Cl2FN3O2. The Kier molecular flexibility index (Phi) is 5.31. The molecule has 0 saturated heterocycles. The molecule has 1 amide bonds. The zero-order valence-electron chi connectivity index (χ0n) is 12.8. The van der Waals surface area contributed by atoms with E-state index < -0.39 is 11.7 Å². The molecule has 3 rings (SSSR count). The van der Waals surface area contributed by atoms with E-state index in [0.29, 0.717) is 23.2 Å². The van der Waals surface area contributed by atoms with Gasteiger partial charge in [-0.1, -0.05) is 34.4 Å². The molecule has 0 fully saturated rings. The maximum Gasteiger partial charge on any atom is 0.254 e. The smallest absolute Gasteiger partial charge is 0.254 e. The molecule has 25 heavy (non-hydrogen) atoms. The standard InChI is InChI=1S/C17H12Cl2FN3O2/c18-11-6-4-10(5-7-11)16-22-14(25-23-16)8-9-21-17(24)12-2-1-3-13(19)15(12)20/h1-7H,8-9H2,(H,21,24). The Morgan fingerprint density at radius 2 is 1.92 bits per heavy atom. The fraction of sp³-hybridized carbons (Fsp3) is 0.118. The Bertz CT molecular complexity index is 897. The van der Waals surface area contributed by atoms with E-state index in [-0.39, 0.29) is 17.1 Å². The van der Waals surface area contributed by atoms with Crippen molar-refractivity contribution in [3.63, 3.8) is 0 Å². The van der Waals surface area contributed by atoms with Gasteiger partial charge in [-0.25, -0.2) is 4.39 Å². The molecule has 1 aromatic heterocycles. The molecular weight excluding hydrogens is 368 g/mol. The lowest BCUT2D eigenvalue weighted by molar-refractivity contribution is 0.0949. The van der Waals surface area contributed by atoms with Gasteiger partial charge < -0.3 is 9.84 Å². The van der Waals surface area contributed by atoms with Gasteiger partial charge >= 0.3 is 0 Å². The van der Waals surface area contributed by atoms with Gasteiger partial charge in [-0.3, -0.25) is 4.79 Å². The summed E-state index contributed by atoms with van der Waals surface area (Å²) in [4.78, 5) is 16.2. The molecule has 0 atom stereocenters. The third-order valence-electron chi connectivity index (χ3n) is 3.39. The second-order valence-corrected chi connectivity index (χ2v) is 5.97. The van der Waals surface area contributed by atoms with E-state index in [1.54, 1.807) is 24.3 Å². The number of halogens is 3. The van der Waals surface area contributed by atoms with Crippen LogP contribution < -0.4 is 5.32 Å². The number of amides is 1. The Hall–Kier alpha value is -2.44. The van der Waals surface area contributed by atoms with Crippen LogP contribution in [0.25, 0.3) is 11.4 Å². The zero-order chi connectivity index (χ0) is 17.8. The van der Waals surface area contributed by atoms with Gasteiger partial charge in [0, 0.05) is 23.6 Å². The van der Waals surface area contributed by atoms with Crippen LogP contribution in [0.1, 0.15) is 16.2 Å². The summed E-state index contributed by atoms with van der Waals surface area (Å²) in [6.45, 7) is 0.215. The molecule has 8 heteroatoms. The quantitative estimate of drug-likeness (QED) is 0.722. The van der Waals surface area contributed by atoms with Crippen LogP contribution in [0.3, 0.4) is 0 Å². The van der Waals surface area contributed by atoms with Crippen LogP contribution in [0, 0.1) is 5.82 Å². The van der Waals surface area contributed by atoms with E-state index in [1.807, 2.05) is 0 Å². The lowest BCUT2D eigenvalue weighted by Crippen LogP contribution is -2.26. The molecule has 0 saturated carbocycles. The van der Waals surface area contributed by atoms with Crippen molar-refractivity contribution in [1.29, 1.82) is 0 Å². The third-order valence-corrected chi connectivity index (χ3v) is 3.94. The maximum atomic E-state index is 13.8. The van der Waals surface area contributed by atoms with Crippen molar-refractivity contribution >= 4 is 29.1 Å². The van der Waals surface area contributed by atoms with Crippen LogP contribution >= 0.6 is 23.2 Å². The highest BCUT2D eigenvalue weighted by Crippen LogP contribution is 2.19. The summed E-state index contributed by atoms with van der Waals surface area (Å²) in [5, 5.41) is 6.98. The van der Waals surface area contributed by atoms with Crippen LogP contribution in [0.15, 0.2) is 47.0 Å². The number of rotatable bonds is 5. The van der Waals surface area contributed by atoms with Crippen LogP contribution in [0.5, 0.6) is 0 Å². The highest BCUT2D eigenvalue weighted by atomic mass is 35.5. The Morgan fingerprint density at radius 1 is 1.16 bits per heavy atom. The molecule has 1 N–H and O–H groups in total.